The summed E-state index contributed by atoms with van der Waals surface area (Å²) in [7, 11) is 1.92. The zero-order chi connectivity index (χ0) is 14.0. The number of hydrogen-bond donors (Lipinski definition) is 1. The van der Waals surface area contributed by atoms with Crippen molar-refractivity contribution >= 4 is 11.8 Å². The van der Waals surface area contributed by atoms with E-state index in [0.717, 1.165) is 12.1 Å². The van der Waals surface area contributed by atoms with Crippen LogP contribution in [0.1, 0.15) is 35.8 Å². The van der Waals surface area contributed by atoms with Gasteiger partial charge in [0.1, 0.15) is 6.04 Å². The second-order valence-electron chi connectivity index (χ2n) is 4.99. The highest BCUT2D eigenvalue weighted by Crippen LogP contribution is 2.17. The van der Waals surface area contributed by atoms with Crippen molar-refractivity contribution in [1.82, 2.24) is 14.8 Å². The van der Waals surface area contributed by atoms with Gasteiger partial charge in [-0.05, 0) is 25.8 Å². The third kappa shape index (κ3) is 2.50. The Bertz CT molecular complexity index is 493. The van der Waals surface area contributed by atoms with Gasteiger partial charge in [0.15, 0.2) is 0 Å². The number of carbonyl (C=O) groups is 2. The number of aryl methyl sites for hydroxylation is 1. The third-order valence-electron chi connectivity index (χ3n) is 3.82. The van der Waals surface area contributed by atoms with E-state index in [4.69, 9.17) is 0 Å². The fourth-order valence-electron chi connectivity index (χ4n) is 2.51. The monoisotopic (exact) mass is 263 g/mol. The Labute approximate surface area is 113 Å². The van der Waals surface area contributed by atoms with Crippen LogP contribution in [0.3, 0.4) is 0 Å². The molecule has 0 radical (unpaired) electrons. The van der Waals surface area contributed by atoms with E-state index < -0.39 is 0 Å². The highest BCUT2D eigenvalue weighted by molar-refractivity contribution is 5.98. The van der Waals surface area contributed by atoms with Gasteiger partial charge in [0.2, 0.25) is 5.91 Å². The topological polar surface area (TPSA) is 54.3 Å². The third-order valence-corrected chi connectivity index (χ3v) is 3.82. The molecular weight excluding hydrogens is 242 g/mol. The quantitative estimate of drug-likeness (QED) is 0.868. The maximum absolute atomic E-state index is 12.6. The molecule has 2 heterocycles. The summed E-state index contributed by atoms with van der Waals surface area (Å²) in [6.07, 6.45) is 3.32. The summed E-state index contributed by atoms with van der Waals surface area (Å²) in [6, 6.07) is 1.47. The molecule has 0 aliphatic carbocycles. The van der Waals surface area contributed by atoms with Crippen LogP contribution in [0.2, 0.25) is 0 Å². The Morgan fingerprint density at radius 2 is 2.26 bits per heavy atom. The van der Waals surface area contributed by atoms with Crippen LogP contribution in [-0.4, -0.2) is 40.4 Å². The lowest BCUT2D eigenvalue weighted by molar-refractivity contribution is -0.124. The zero-order valence-electron chi connectivity index (χ0n) is 11.8. The van der Waals surface area contributed by atoms with Gasteiger partial charge in [-0.3, -0.25) is 9.59 Å². The van der Waals surface area contributed by atoms with Crippen molar-refractivity contribution in [1.29, 1.82) is 0 Å². The standard InChI is InChI=1S/C14H21N3O2/c1-4-12-13(18)15-7-5-8-17(12)14(19)11-6-9-16(3)10(11)2/h6,9,12H,4-5,7-8H2,1-3H3,(H,15,18)/t12-/m0/s1. The van der Waals surface area contributed by atoms with Crippen molar-refractivity contribution in [3.8, 4) is 0 Å². The molecule has 0 saturated carbocycles. The Kier molecular flexibility index (Phi) is 3.93. The molecule has 5 nitrogen and oxygen atoms in total. The summed E-state index contributed by atoms with van der Waals surface area (Å²) in [6.45, 7) is 5.14. The zero-order valence-corrected chi connectivity index (χ0v) is 11.8. The fraction of sp³-hybridized carbons (Fsp3) is 0.571. The highest BCUT2D eigenvalue weighted by Gasteiger charge is 2.31. The maximum Gasteiger partial charge on any atom is 0.256 e. The number of hydrogen-bond acceptors (Lipinski definition) is 2. The highest BCUT2D eigenvalue weighted by atomic mass is 16.2. The van der Waals surface area contributed by atoms with Crippen LogP contribution in [0.25, 0.3) is 0 Å². The lowest BCUT2D eigenvalue weighted by Crippen LogP contribution is -2.46. The number of rotatable bonds is 2. The minimum atomic E-state index is -0.352. The van der Waals surface area contributed by atoms with E-state index in [0.29, 0.717) is 25.1 Å². The summed E-state index contributed by atoms with van der Waals surface area (Å²) in [5.74, 6) is -0.0797. The number of aromatic nitrogens is 1. The van der Waals surface area contributed by atoms with Crippen molar-refractivity contribution < 1.29 is 9.59 Å². The SMILES string of the molecule is CC[C@H]1C(=O)NCCCN1C(=O)c1ccn(C)c1C. The van der Waals surface area contributed by atoms with Crippen molar-refractivity contribution in [3.63, 3.8) is 0 Å². The fourth-order valence-corrected chi connectivity index (χ4v) is 2.51. The molecule has 0 unspecified atom stereocenters. The minimum absolute atomic E-state index is 0.0398. The normalized spacial score (nSPS) is 20.1. The van der Waals surface area contributed by atoms with Gasteiger partial charge in [-0.15, -0.1) is 0 Å². The van der Waals surface area contributed by atoms with Gasteiger partial charge in [-0.25, -0.2) is 0 Å². The second-order valence-corrected chi connectivity index (χ2v) is 4.99. The average Bonchev–Trinajstić information content (AvgIpc) is 2.62. The second kappa shape index (κ2) is 5.47. The molecule has 0 bridgehead atoms. The van der Waals surface area contributed by atoms with Crippen LogP contribution >= 0.6 is 0 Å². The molecule has 1 aromatic heterocycles. The summed E-state index contributed by atoms with van der Waals surface area (Å²) < 4.78 is 1.92. The van der Waals surface area contributed by atoms with E-state index in [1.807, 2.05) is 37.7 Å². The van der Waals surface area contributed by atoms with E-state index >= 15 is 0 Å². The molecule has 104 valence electrons. The van der Waals surface area contributed by atoms with Crippen molar-refractivity contribution in [2.45, 2.75) is 32.7 Å². The average molecular weight is 263 g/mol. The van der Waals surface area contributed by atoms with Crippen LogP contribution in [0.15, 0.2) is 12.3 Å². The van der Waals surface area contributed by atoms with Crippen LogP contribution in [0.5, 0.6) is 0 Å². The first-order chi connectivity index (χ1) is 9.06. The van der Waals surface area contributed by atoms with Gasteiger partial charge in [-0.1, -0.05) is 6.92 Å². The molecule has 5 heteroatoms. The number of carbonyl (C=O) groups excluding carboxylic acids is 2. The lowest BCUT2D eigenvalue weighted by atomic mass is 10.1. The van der Waals surface area contributed by atoms with E-state index in [-0.39, 0.29) is 17.9 Å². The Morgan fingerprint density at radius 1 is 1.53 bits per heavy atom. The number of amides is 2. The van der Waals surface area contributed by atoms with Gasteiger partial charge in [0.05, 0.1) is 5.56 Å². The first kappa shape index (κ1) is 13.6. The van der Waals surface area contributed by atoms with Gasteiger partial charge >= 0.3 is 0 Å². The molecule has 1 aliphatic heterocycles. The molecule has 1 fully saturated rings. The molecule has 19 heavy (non-hydrogen) atoms. The van der Waals surface area contributed by atoms with Gasteiger partial charge in [-0.2, -0.15) is 0 Å². The van der Waals surface area contributed by atoms with Crippen LogP contribution in [0.4, 0.5) is 0 Å². The van der Waals surface area contributed by atoms with Crippen molar-refractivity contribution in [2.75, 3.05) is 13.1 Å². The predicted octanol–water partition coefficient (Wildman–Crippen LogP) is 1.07. The van der Waals surface area contributed by atoms with E-state index in [1.165, 1.54) is 0 Å². The summed E-state index contributed by atoms with van der Waals surface area (Å²) in [5, 5.41) is 2.86. The lowest BCUT2D eigenvalue weighted by Gasteiger charge is -2.27. The molecule has 1 saturated heterocycles. The van der Waals surface area contributed by atoms with Crippen LogP contribution in [-0.2, 0) is 11.8 Å². The van der Waals surface area contributed by atoms with Gasteiger partial charge in [0, 0.05) is 32.0 Å². The van der Waals surface area contributed by atoms with Gasteiger partial charge < -0.3 is 14.8 Å². The first-order valence-electron chi connectivity index (χ1n) is 6.76. The molecule has 2 rings (SSSR count). The molecular formula is C14H21N3O2. The van der Waals surface area contributed by atoms with Crippen LogP contribution < -0.4 is 5.32 Å². The van der Waals surface area contributed by atoms with Gasteiger partial charge in [0.25, 0.3) is 5.91 Å². The van der Waals surface area contributed by atoms with Crippen LogP contribution in [0, 0.1) is 6.92 Å². The molecule has 0 spiro atoms. The molecule has 2 amide bonds. The largest absolute Gasteiger partial charge is 0.354 e. The molecule has 1 N–H and O–H groups in total. The summed E-state index contributed by atoms with van der Waals surface area (Å²) in [4.78, 5) is 26.3. The Balaban J connectivity index is 2.29. The smallest absolute Gasteiger partial charge is 0.256 e. The van der Waals surface area contributed by atoms with Crippen molar-refractivity contribution in [3.05, 3.63) is 23.5 Å². The van der Waals surface area contributed by atoms with E-state index in [1.54, 1.807) is 4.90 Å². The van der Waals surface area contributed by atoms with Crippen molar-refractivity contribution in [2.24, 2.45) is 7.05 Å². The molecule has 0 aromatic carbocycles. The van der Waals surface area contributed by atoms with E-state index in [2.05, 4.69) is 5.32 Å². The minimum Gasteiger partial charge on any atom is -0.354 e. The predicted molar refractivity (Wildman–Crippen MR) is 72.9 cm³/mol. The summed E-state index contributed by atoms with van der Waals surface area (Å²) in [5.41, 5.74) is 1.63. The molecule has 1 aromatic rings. The summed E-state index contributed by atoms with van der Waals surface area (Å²) >= 11 is 0. The number of nitrogens with one attached hydrogen (secondary N) is 1. The maximum atomic E-state index is 12.6. The Morgan fingerprint density at radius 3 is 2.84 bits per heavy atom. The molecule has 1 atom stereocenters. The Hall–Kier alpha value is -1.78. The first-order valence-corrected chi connectivity index (χ1v) is 6.76. The number of nitrogens with zero attached hydrogens (tertiary/aromatic N) is 2. The van der Waals surface area contributed by atoms with E-state index in [9.17, 15) is 9.59 Å². The molecule has 1 aliphatic rings.